The van der Waals surface area contributed by atoms with Gasteiger partial charge in [0.2, 0.25) is 11.6 Å². The quantitative estimate of drug-likeness (QED) is 0.0786. The molecule has 250 valence electrons. The molecule has 0 fully saturated rings. The number of para-hydroxylation sites is 2. The molecule has 0 saturated heterocycles. The summed E-state index contributed by atoms with van der Waals surface area (Å²) in [6.45, 7) is 8.40. The number of hydrogen-bond acceptors (Lipinski definition) is 2. The lowest BCUT2D eigenvalue weighted by molar-refractivity contribution is -0.130. The van der Waals surface area contributed by atoms with Gasteiger partial charge in [-0.15, -0.1) is 0 Å². The molecule has 6 heteroatoms. The van der Waals surface area contributed by atoms with Crippen molar-refractivity contribution in [3.05, 3.63) is 157 Å². The number of fused-ring (bicyclic) bond motifs is 2. The van der Waals surface area contributed by atoms with Crippen molar-refractivity contribution in [2.45, 2.75) is 39.8 Å². The third-order valence-electron chi connectivity index (χ3n) is 8.66. The SMILES string of the molecule is CC(C)n1c(C=CC=CC(=O)C(=O)C=CC=Cc2c(-c3ccc(F)cc3)c3ccccc3n2C(C)C)c(-c2ccc(F)cc2)c2ccccc21. The van der Waals surface area contributed by atoms with Gasteiger partial charge >= 0.3 is 0 Å². The van der Waals surface area contributed by atoms with Crippen LogP contribution in [-0.4, -0.2) is 20.7 Å². The minimum atomic E-state index is -0.647. The normalized spacial score (nSPS) is 12.4. The van der Waals surface area contributed by atoms with Crippen molar-refractivity contribution in [2.75, 3.05) is 0 Å². The maximum Gasteiger partial charge on any atom is 0.225 e. The van der Waals surface area contributed by atoms with E-state index in [0.717, 1.165) is 55.4 Å². The van der Waals surface area contributed by atoms with Crippen LogP contribution in [0.15, 0.2) is 134 Å². The van der Waals surface area contributed by atoms with E-state index in [4.69, 9.17) is 0 Å². The minimum absolute atomic E-state index is 0.132. The van der Waals surface area contributed by atoms with Gasteiger partial charge in [-0.25, -0.2) is 8.78 Å². The van der Waals surface area contributed by atoms with Gasteiger partial charge in [0.05, 0.1) is 0 Å². The highest BCUT2D eigenvalue weighted by Crippen LogP contribution is 2.39. The number of halogens is 2. The van der Waals surface area contributed by atoms with Gasteiger partial charge in [0, 0.05) is 56.4 Å². The molecule has 2 aromatic heterocycles. The summed E-state index contributed by atoms with van der Waals surface area (Å²) < 4.78 is 32.0. The standard InChI is InChI=1S/C44H38F2N2O2/c1-29(2)47-37-15-7-5-13-35(37)43(31-21-25-33(45)26-22-31)39(47)17-9-11-19-41(49)42(50)20-12-10-18-40-44(32-23-27-34(46)28-24-32)36-14-6-8-16-38(36)48(40)30(3)4/h5-30H,1-4H3. The summed E-state index contributed by atoms with van der Waals surface area (Å²) in [6, 6.07) is 29.3. The number of ketones is 2. The van der Waals surface area contributed by atoms with E-state index in [9.17, 15) is 18.4 Å². The summed E-state index contributed by atoms with van der Waals surface area (Å²) in [5, 5.41) is 2.08. The number of hydrogen-bond donors (Lipinski definition) is 0. The average Bonchev–Trinajstić information content (AvgIpc) is 3.62. The van der Waals surface area contributed by atoms with Gasteiger partial charge in [0.1, 0.15) is 11.6 Å². The van der Waals surface area contributed by atoms with Crippen LogP contribution in [0.4, 0.5) is 8.78 Å². The highest BCUT2D eigenvalue weighted by molar-refractivity contribution is 6.45. The van der Waals surface area contributed by atoms with Crippen LogP contribution in [-0.2, 0) is 9.59 Å². The summed E-state index contributed by atoms with van der Waals surface area (Å²) in [5.41, 5.74) is 7.63. The van der Waals surface area contributed by atoms with Crippen LogP contribution in [0, 0.1) is 11.6 Å². The van der Waals surface area contributed by atoms with Gasteiger partial charge < -0.3 is 9.13 Å². The molecule has 0 unspecified atom stereocenters. The fourth-order valence-corrected chi connectivity index (χ4v) is 6.59. The fraction of sp³-hybridized carbons (Fsp3) is 0.136. The number of carbonyl (C=O) groups excluding carboxylic acids is 2. The molecule has 0 aliphatic heterocycles. The molecule has 2 heterocycles. The van der Waals surface area contributed by atoms with E-state index in [2.05, 4.69) is 61.1 Å². The Kier molecular flexibility index (Phi) is 10.0. The Morgan fingerprint density at radius 1 is 0.520 bits per heavy atom. The van der Waals surface area contributed by atoms with Crippen LogP contribution < -0.4 is 0 Å². The average molecular weight is 665 g/mol. The smallest absolute Gasteiger partial charge is 0.225 e. The number of allylic oxidation sites excluding steroid dienone is 6. The van der Waals surface area contributed by atoms with E-state index in [1.54, 1.807) is 48.6 Å². The second-order valence-corrected chi connectivity index (χ2v) is 12.7. The maximum absolute atomic E-state index is 13.8. The highest BCUT2D eigenvalue weighted by atomic mass is 19.1. The monoisotopic (exact) mass is 664 g/mol. The van der Waals surface area contributed by atoms with Gasteiger partial charge in [-0.1, -0.05) is 85.0 Å². The Labute approximate surface area is 291 Å². The van der Waals surface area contributed by atoms with Crippen molar-refractivity contribution in [1.29, 1.82) is 0 Å². The molecule has 0 bridgehead atoms. The molecule has 0 aliphatic rings. The molecule has 4 aromatic carbocycles. The van der Waals surface area contributed by atoms with E-state index in [1.165, 1.54) is 36.4 Å². The highest BCUT2D eigenvalue weighted by Gasteiger charge is 2.20. The zero-order chi connectivity index (χ0) is 35.4. The first kappa shape index (κ1) is 34.0. The molecule has 50 heavy (non-hydrogen) atoms. The Morgan fingerprint density at radius 2 is 0.880 bits per heavy atom. The van der Waals surface area contributed by atoms with Crippen molar-refractivity contribution >= 4 is 45.5 Å². The third-order valence-corrected chi connectivity index (χ3v) is 8.66. The molecular weight excluding hydrogens is 626 g/mol. The van der Waals surface area contributed by atoms with Gasteiger partial charge in [-0.2, -0.15) is 0 Å². The maximum atomic E-state index is 13.8. The summed E-state index contributed by atoms with van der Waals surface area (Å²) >= 11 is 0. The van der Waals surface area contributed by atoms with Gasteiger partial charge in [-0.3, -0.25) is 9.59 Å². The Hall–Kier alpha value is -5.88. The van der Waals surface area contributed by atoms with E-state index >= 15 is 0 Å². The molecule has 4 nitrogen and oxygen atoms in total. The van der Waals surface area contributed by atoms with E-state index in [0.29, 0.717) is 0 Å². The predicted molar refractivity (Wildman–Crippen MR) is 202 cm³/mol. The molecule has 0 aliphatic carbocycles. The first-order chi connectivity index (χ1) is 24.2. The van der Waals surface area contributed by atoms with Crippen LogP contribution in [0.1, 0.15) is 51.2 Å². The number of rotatable bonds is 11. The number of aromatic nitrogens is 2. The summed E-state index contributed by atoms with van der Waals surface area (Å²) in [5.74, 6) is -1.90. The molecule has 0 amide bonds. The summed E-state index contributed by atoms with van der Waals surface area (Å²) in [7, 11) is 0. The van der Waals surface area contributed by atoms with Gasteiger partial charge in [-0.05, 0) is 99.5 Å². The second kappa shape index (κ2) is 14.7. The lowest BCUT2D eigenvalue weighted by atomic mass is 10.0. The van der Waals surface area contributed by atoms with Gasteiger partial charge in [0.15, 0.2) is 0 Å². The van der Waals surface area contributed by atoms with Crippen LogP contribution in [0.25, 0.3) is 56.2 Å². The van der Waals surface area contributed by atoms with Gasteiger partial charge in [0.25, 0.3) is 0 Å². The fourth-order valence-electron chi connectivity index (χ4n) is 6.59. The molecule has 0 radical (unpaired) electrons. The van der Waals surface area contributed by atoms with Crippen LogP contribution in [0.2, 0.25) is 0 Å². The first-order valence-electron chi connectivity index (χ1n) is 16.7. The Bertz CT molecular complexity index is 2150. The largest absolute Gasteiger partial charge is 0.338 e. The van der Waals surface area contributed by atoms with Crippen molar-refractivity contribution < 1.29 is 18.4 Å². The van der Waals surface area contributed by atoms with E-state index < -0.39 is 11.6 Å². The van der Waals surface area contributed by atoms with Crippen molar-refractivity contribution in [3.8, 4) is 22.3 Å². The van der Waals surface area contributed by atoms with Crippen LogP contribution in [0.5, 0.6) is 0 Å². The zero-order valence-electron chi connectivity index (χ0n) is 28.5. The number of carbonyl (C=O) groups is 2. The Balaban J connectivity index is 1.24. The van der Waals surface area contributed by atoms with E-state index in [1.807, 2.05) is 36.4 Å². The molecule has 0 N–H and O–H groups in total. The van der Waals surface area contributed by atoms with Crippen molar-refractivity contribution in [1.82, 2.24) is 9.13 Å². The van der Waals surface area contributed by atoms with Crippen molar-refractivity contribution in [2.24, 2.45) is 0 Å². The lowest BCUT2D eigenvalue weighted by Crippen LogP contribution is -2.06. The molecule has 6 rings (SSSR count). The second-order valence-electron chi connectivity index (χ2n) is 12.7. The Morgan fingerprint density at radius 3 is 1.24 bits per heavy atom. The summed E-state index contributed by atoms with van der Waals surface area (Å²) in [6.07, 6.45) is 13.0. The molecule has 0 atom stereocenters. The minimum Gasteiger partial charge on any atom is -0.338 e. The molecular formula is C44H38F2N2O2. The first-order valence-corrected chi connectivity index (χ1v) is 16.7. The van der Waals surface area contributed by atoms with Crippen LogP contribution >= 0.6 is 0 Å². The molecule has 0 spiro atoms. The zero-order valence-corrected chi connectivity index (χ0v) is 28.5. The number of nitrogens with zero attached hydrogens (tertiary/aromatic N) is 2. The lowest BCUT2D eigenvalue weighted by Gasteiger charge is -2.13. The third kappa shape index (κ3) is 6.83. The van der Waals surface area contributed by atoms with E-state index in [-0.39, 0.29) is 23.7 Å². The molecule has 6 aromatic rings. The number of benzene rings is 4. The topological polar surface area (TPSA) is 44.0 Å². The summed E-state index contributed by atoms with van der Waals surface area (Å²) in [4.78, 5) is 25.5. The predicted octanol–water partition coefficient (Wildman–Crippen LogP) is 11.3. The van der Waals surface area contributed by atoms with Crippen molar-refractivity contribution in [3.63, 3.8) is 0 Å². The van der Waals surface area contributed by atoms with Crippen LogP contribution in [0.3, 0.4) is 0 Å². The molecule has 0 saturated carbocycles.